The van der Waals surface area contributed by atoms with Crippen LogP contribution in [0.4, 0.5) is 127 Å². The number of carbonyl (C=O) groups is 7. The van der Waals surface area contributed by atoms with Gasteiger partial charge in [-0.05, 0) is 257 Å². The van der Waals surface area contributed by atoms with Crippen molar-refractivity contribution in [1.82, 2.24) is 56.1 Å². The number of rotatable bonds is 23. The van der Waals surface area contributed by atoms with Crippen molar-refractivity contribution in [3.05, 3.63) is 203 Å². The van der Waals surface area contributed by atoms with Crippen LogP contribution in [0, 0.1) is 53.3 Å². The number of urea groups is 6. The first-order valence-electron chi connectivity index (χ1n) is 49.9. The zero-order valence-corrected chi connectivity index (χ0v) is 89.3. The maximum Gasteiger partial charge on any atom is 0.329 e. The highest BCUT2D eigenvalue weighted by Crippen LogP contribution is 2.39. The number of nitrogens with zero attached hydrogens (tertiary/aromatic N) is 17. The molecule has 37 nitrogen and oxygen atoms in total. The molecule has 6 aliphatic rings. The third kappa shape index (κ3) is 33.2. The van der Waals surface area contributed by atoms with E-state index in [1.165, 1.54) is 202 Å². The number of anilines is 17. The molecule has 5 aliphatic heterocycles. The van der Waals surface area contributed by atoms with Crippen LogP contribution in [0.15, 0.2) is 146 Å². The summed E-state index contributed by atoms with van der Waals surface area (Å²) in [5, 5.41) is 36.4. The van der Waals surface area contributed by atoms with Crippen molar-refractivity contribution in [2.75, 3.05) is 161 Å². The summed E-state index contributed by atoms with van der Waals surface area (Å²) in [7, 11) is 1.49. The molecule has 0 radical (unpaired) electrons. The number of ketones is 1. The quantitative estimate of drug-likeness (QED) is 0.0265. The molecule has 0 unspecified atom stereocenters. The summed E-state index contributed by atoms with van der Waals surface area (Å²) in [5.74, 6) is 2.32. The Morgan fingerprint density at radius 1 is 0.361 bits per heavy atom. The molecule has 1 aliphatic carbocycles. The van der Waals surface area contributed by atoms with Crippen molar-refractivity contribution in [2.24, 2.45) is 5.92 Å². The topological polar surface area (TPSA) is 444 Å². The normalized spacial score (nSPS) is 14.4. The van der Waals surface area contributed by atoms with Crippen LogP contribution in [0.1, 0.15) is 204 Å². The van der Waals surface area contributed by atoms with Crippen LogP contribution in [0.5, 0.6) is 6.01 Å². The zero-order valence-electron chi connectivity index (χ0n) is 84.4. The molecule has 147 heavy (non-hydrogen) atoms. The first-order valence-corrected chi connectivity index (χ1v) is 54.5. The van der Waals surface area contributed by atoms with E-state index >= 15 is 0 Å². The summed E-state index contributed by atoms with van der Waals surface area (Å²) in [6.07, 6.45) is 24.0. The number of hydrogen-bond donors (Lipinski definition) is 12. The van der Waals surface area contributed by atoms with E-state index < -0.39 is 11.8 Å². The fourth-order valence-electron chi connectivity index (χ4n) is 17.3. The number of hydrogen-bond acceptors (Lipinski definition) is 31. The van der Waals surface area contributed by atoms with Crippen molar-refractivity contribution in [3.63, 3.8) is 0 Å². The molecule has 0 atom stereocenters. The number of Topliss-reactive ketones (excluding diaryl/α,β-unsaturated/α-hetero) is 1. The van der Waals surface area contributed by atoms with E-state index in [2.05, 4.69) is 209 Å². The number of ether oxygens (including phenoxy) is 1. The van der Waals surface area contributed by atoms with Crippen molar-refractivity contribution < 1.29 is 42.7 Å². The first-order chi connectivity index (χ1) is 71.3. The van der Waals surface area contributed by atoms with Gasteiger partial charge in [-0.25, -0.2) is 53.1 Å². The molecule has 12 N–H and O–H groups in total. The molecule has 6 fully saturated rings. The minimum Gasteiger partial charge on any atom is -0.466 e. The Morgan fingerprint density at radius 3 is 1.06 bits per heavy atom. The van der Waals surface area contributed by atoms with E-state index in [1.807, 2.05) is 112 Å². The monoisotopic (exact) mass is 2110 g/mol. The lowest BCUT2D eigenvalue weighted by atomic mass is 9.95. The Morgan fingerprint density at radius 2 is 0.707 bits per heavy atom. The molecule has 11 heterocycles. The number of aromatic nitrogens is 12. The molecule has 0 spiro atoms. The molecule has 776 valence electrons. The Labute approximate surface area is 880 Å². The van der Waals surface area contributed by atoms with Crippen molar-refractivity contribution in [2.45, 2.75) is 197 Å². The van der Waals surface area contributed by atoms with Crippen molar-refractivity contribution in [3.8, 4) is 17.4 Å². The van der Waals surface area contributed by atoms with E-state index in [1.54, 1.807) is 6.92 Å². The molecule has 1 saturated carbocycles. The fourth-order valence-corrected chi connectivity index (χ4v) is 20.8. The second-order valence-electron chi connectivity index (χ2n) is 36.6. The van der Waals surface area contributed by atoms with Gasteiger partial charge in [0.25, 0.3) is 0 Å². The molecular weight excluding hydrogens is 1980 g/mol. The van der Waals surface area contributed by atoms with Crippen LogP contribution in [0.3, 0.4) is 0 Å². The average molecular weight is 2110 g/mol. The zero-order chi connectivity index (χ0) is 104. The van der Waals surface area contributed by atoms with E-state index in [4.69, 9.17) is 4.74 Å². The standard InChI is InChI=1S/C21H23N5OS.C18H25N5OS.C17H23N5OS.C16H21N5O2S.C16H21N5OS.C15H15FN4O2S/c1-15-10-11-17(18(14-15)26-12-6-3-7-13-26)22-20(27)24-21-23-19(25-28-21)16-8-4-2-5-9-16;1-12(2)16-20-18(25-22-16)21-17(24)19-14-8-7-13(3)11-15(14)23-9-5-4-6-10-23;1-3-15-19-17(24-21-15)20-16(23)18-13-8-7-12(2)11-14(13)22-9-5-4-6-10-22;1-11-6-7-12(13(10-11)21-8-4-3-5-9-21)17-14(22)18-16-19-15(23-2)20-24-16;1-11-6-7-13(14(10-11)21-8-4-3-5-9-21)18-15(22)19-16-17-12(2)20-23-16;16-10-5-6-12(19-14(22)20-15-17-8-18-23-15)11(7-10)13(21)9-3-1-2-4-9/h2,4-5,8-11,14H,3,6-7,12-13H2,1H3,(H2,22,23,24,25,27);7-8,11-12H,4-6,9-10H2,1-3H3,(H2,19,20,21,22,24);7-8,11H,3-6,9-10H2,1-2H3,(H2,18,19,20,21,23);6-7,10H,3-5,8-9H2,1-2H3,(H2,17,18,19,20,22);6-7,10H,3-5,8-9H2,1-2H3,(H2,17,18,19,20,22);5-9H,1-4H2,(H2,17,18,19,20,22). The van der Waals surface area contributed by atoms with Gasteiger partial charge in [0.2, 0.25) is 30.8 Å². The molecule has 0 bridgehead atoms. The number of aryl methyl sites for hydroxylation is 7. The SMILES string of the molecule is CCc1nsc(NC(=O)Nc2ccc(C)cc2N2CCCCC2)n1.COc1nsc(NC(=O)Nc2ccc(C)cc2N2CCCCC2)n1.Cc1ccc(NC(=O)Nc2nc(-c3ccccc3)ns2)c(N2CCCCC2)c1.Cc1ccc(NC(=O)Nc2nc(C(C)C)ns2)c(N2CCCCC2)c1.Cc1ccc(NC(=O)Nc2nc(C)ns2)c(N2CCCCC2)c1.O=C(Nc1ncns1)Nc1ccc(F)cc1C(=O)C1CCCC1. The Kier molecular flexibility index (Phi) is 40.6. The van der Waals surface area contributed by atoms with Crippen LogP contribution in [0.25, 0.3) is 11.4 Å². The van der Waals surface area contributed by atoms with Crippen LogP contribution in [-0.4, -0.2) is 171 Å². The van der Waals surface area contributed by atoms with Gasteiger partial charge in [0.1, 0.15) is 29.6 Å². The number of nitrogens with one attached hydrogen (secondary N) is 12. The lowest BCUT2D eigenvalue weighted by Crippen LogP contribution is -2.31. The highest BCUT2D eigenvalue weighted by molar-refractivity contribution is 7.11. The van der Waals surface area contributed by atoms with Gasteiger partial charge >= 0.3 is 42.2 Å². The third-order valence-electron chi connectivity index (χ3n) is 24.7. The molecular formula is C103H128FN29O8S6. The van der Waals surface area contributed by atoms with Crippen LogP contribution in [0.2, 0.25) is 0 Å². The largest absolute Gasteiger partial charge is 0.466 e. The van der Waals surface area contributed by atoms with E-state index in [0.29, 0.717) is 48.1 Å². The van der Waals surface area contributed by atoms with Crippen LogP contribution in [-0.2, 0) is 6.42 Å². The van der Waals surface area contributed by atoms with Gasteiger partial charge in [-0.2, -0.15) is 31.8 Å². The predicted octanol–water partition coefficient (Wildman–Crippen LogP) is 24.8. The molecule has 5 saturated heterocycles. The van der Waals surface area contributed by atoms with Crippen LogP contribution < -0.4 is 93.0 Å². The molecule has 7 aromatic carbocycles. The lowest BCUT2D eigenvalue weighted by Gasteiger charge is -2.30. The minimum absolute atomic E-state index is 0.0939. The lowest BCUT2D eigenvalue weighted by molar-refractivity contribution is 0.0923. The predicted molar refractivity (Wildman–Crippen MR) is 594 cm³/mol. The van der Waals surface area contributed by atoms with Gasteiger partial charge in [-0.1, -0.05) is 94.3 Å². The third-order valence-corrected chi connectivity index (χ3v) is 28.6. The summed E-state index contributed by atoms with van der Waals surface area (Å²) in [5.41, 5.74) is 16.9. The molecule has 6 aromatic heterocycles. The van der Waals surface area contributed by atoms with Gasteiger partial charge in [0.05, 0.1) is 69.7 Å². The van der Waals surface area contributed by atoms with Crippen LogP contribution >= 0.6 is 69.2 Å². The van der Waals surface area contributed by atoms with Gasteiger partial charge in [0.15, 0.2) is 11.6 Å². The van der Waals surface area contributed by atoms with Crippen molar-refractivity contribution >= 4 is 205 Å². The molecule has 44 heteroatoms. The Bertz CT molecular complexity index is 6380. The number of halogens is 1. The average Bonchev–Trinajstić information content (AvgIpc) is 1.79. The smallest absolute Gasteiger partial charge is 0.329 e. The molecule has 19 rings (SSSR count). The highest BCUT2D eigenvalue weighted by atomic mass is 32.1. The maximum absolute atomic E-state index is 13.5. The summed E-state index contributed by atoms with van der Waals surface area (Å²) >= 11 is 6.88. The summed E-state index contributed by atoms with van der Waals surface area (Å²) in [6.45, 7) is 28.5. The molecule has 12 amide bonds. The fraction of sp³-hybridized carbons (Fsp3) is 0.408. The maximum atomic E-state index is 13.5. The number of amides is 12. The summed E-state index contributed by atoms with van der Waals surface area (Å²) in [4.78, 5) is 123. The highest BCUT2D eigenvalue weighted by Gasteiger charge is 2.29. The van der Waals surface area contributed by atoms with E-state index in [-0.39, 0.29) is 59.3 Å². The first kappa shape index (κ1) is 109. The number of benzene rings is 7. The summed E-state index contributed by atoms with van der Waals surface area (Å²) < 4.78 is 43.0. The number of piperidine rings is 5. The van der Waals surface area contributed by atoms with Gasteiger partial charge in [-0.15, -0.1) is 4.37 Å². The molecule has 13 aromatic rings. The van der Waals surface area contributed by atoms with Gasteiger partial charge in [-0.3, -0.25) is 36.7 Å². The van der Waals surface area contributed by atoms with Crippen molar-refractivity contribution in [1.29, 1.82) is 0 Å². The van der Waals surface area contributed by atoms with Gasteiger partial charge < -0.3 is 61.1 Å². The Hall–Kier alpha value is -14.1. The number of methoxy groups -OCH3 is 1. The van der Waals surface area contributed by atoms with Gasteiger partial charge in [0, 0.05) is 164 Å². The number of carbonyl (C=O) groups excluding carboxylic acids is 7. The van der Waals surface area contributed by atoms with E-state index in [9.17, 15) is 38.0 Å². The second-order valence-corrected chi connectivity index (χ2v) is 41.1. The van der Waals surface area contributed by atoms with E-state index in [0.717, 1.165) is 195 Å². The summed E-state index contributed by atoms with van der Waals surface area (Å²) in [6, 6.07) is 42.3. The Balaban J connectivity index is 0.000000139. The minimum atomic E-state index is -0.547. The second kappa shape index (κ2) is 54.9.